The molecule has 7 nitrogen and oxygen atoms in total. The van der Waals surface area contributed by atoms with Gasteiger partial charge in [-0.05, 0) is 38.5 Å². The highest BCUT2D eigenvalue weighted by atomic mass is 16.5. The average molecular weight is 374 g/mol. The maximum Gasteiger partial charge on any atom is 0.235 e. The van der Waals surface area contributed by atoms with Gasteiger partial charge in [-0.15, -0.1) is 0 Å². The van der Waals surface area contributed by atoms with Crippen LogP contribution in [0.25, 0.3) is 0 Å². The molecule has 2 heterocycles. The summed E-state index contributed by atoms with van der Waals surface area (Å²) in [6.07, 6.45) is 5.95. The molecule has 3 fully saturated rings. The highest BCUT2D eigenvalue weighted by molar-refractivity contribution is 5.80. The van der Waals surface area contributed by atoms with Crippen molar-refractivity contribution in [2.75, 3.05) is 13.1 Å². The summed E-state index contributed by atoms with van der Waals surface area (Å²) in [6, 6.07) is 0.117. The van der Waals surface area contributed by atoms with Crippen molar-refractivity contribution in [3.05, 3.63) is 11.7 Å². The number of rotatable bonds is 4. The lowest BCUT2D eigenvalue weighted by atomic mass is 9.80. The van der Waals surface area contributed by atoms with Gasteiger partial charge in [0.1, 0.15) is 0 Å². The van der Waals surface area contributed by atoms with Crippen molar-refractivity contribution in [1.82, 2.24) is 20.4 Å². The minimum absolute atomic E-state index is 0.0248. The van der Waals surface area contributed by atoms with Gasteiger partial charge in [-0.3, -0.25) is 9.59 Å². The number of nitrogens with one attached hydrogen (secondary N) is 1. The Balaban J connectivity index is 1.53. The SMILES string of the molecule is Cc1noc([C@]23C[C@H](NC(=O)C4CCCC4)CC2CN(C(=O)C(C)C)C3)n1. The molecule has 1 aromatic heterocycles. The molecule has 2 saturated carbocycles. The molecule has 3 aliphatic rings. The number of likely N-dealkylation sites (tertiary alicyclic amines) is 1. The van der Waals surface area contributed by atoms with E-state index in [9.17, 15) is 9.59 Å². The van der Waals surface area contributed by atoms with E-state index in [0.29, 0.717) is 24.8 Å². The van der Waals surface area contributed by atoms with Crippen LogP contribution in [-0.2, 0) is 15.0 Å². The Morgan fingerprint density at radius 3 is 2.67 bits per heavy atom. The Morgan fingerprint density at radius 1 is 1.30 bits per heavy atom. The first kappa shape index (κ1) is 18.4. The molecule has 3 atom stereocenters. The predicted molar refractivity (Wildman–Crippen MR) is 98.7 cm³/mol. The maximum atomic E-state index is 12.6. The molecule has 0 aromatic carbocycles. The Hall–Kier alpha value is -1.92. The third-order valence-corrected chi connectivity index (χ3v) is 6.71. The Kier molecular flexibility index (Phi) is 4.72. The molecule has 7 heteroatoms. The second-order valence-electron chi connectivity index (χ2n) is 9.00. The van der Waals surface area contributed by atoms with Crippen LogP contribution >= 0.6 is 0 Å². The fraction of sp³-hybridized carbons (Fsp3) is 0.800. The van der Waals surface area contributed by atoms with Gasteiger partial charge in [-0.25, -0.2) is 0 Å². The van der Waals surface area contributed by atoms with E-state index in [0.717, 1.165) is 38.5 Å². The molecular weight excluding hydrogens is 344 g/mol. The van der Waals surface area contributed by atoms with Gasteiger partial charge in [-0.2, -0.15) is 4.98 Å². The lowest BCUT2D eigenvalue weighted by Gasteiger charge is -2.26. The molecule has 0 radical (unpaired) electrons. The molecule has 2 amide bonds. The fourth-order valence-corrected chi connectivity index (χ4v) is 5.35. The molecule has 1 saturated heterocycles. The Morgan fingerprint density at radius 2 is 2.04 bits per heavy atom. The molecule has 0 spiro atoms. The molecule has 4 rings (SSSR count). The van der Waals surface area contributed by atoms with E-state index in [2.05, 4.69) is 15.5 Å². The molecule has 1 aliphatic heterocycles. The Bertz CT molecular complexity index is 725. The summed E-state index contributed by atoms with van der Waals surface area (Å²) in [6.45, 7) is 6.99. The first-order valence-corrected chi connectivity index (χ1v) is 10.3. The summed E-state index contributed by atoms with van der Waals surface area (Å²) in [5.41, 5.74) is -0.334. The van der Waals surface area contributed by atoms with Crippen molar-refractivity contribution in [3.63, 3.8) is 0 Å². The zero-order chi connectivity index (χ0) is 19.2. The van der Waals surface area contributed by atoms with Crippen LogP contribution in [0.1, 0.15) is 64.1 Å². The zero-order valence-electron chi connectivity index (χ0n) is 16.5. The number of fused-ring (bicyclic) bond motifs is 1. The van der Waals surface area contributed by atoms with Crippen molar-refractivity contribution >= 4 is 11.8 Å². The number of aromatic nitrogens is 2. The van der Waals surface area contributed by atoms with Crippen molar-refractivity contribution in [3.8, 4) is 0 Å². The van der Waals surface area contributed by atoms with Gasteiger partial charge in [0.25, 0.3) is 0 Å². The molecule has 1 N–H and O–H groups in total. The maximum absolute atomic E-state index is 12.6. The van der Waals surface area contributed by atoms with Crippen LogP contribution in [0.15, 0.2) is 4.52 Å². The molecule has 148 valence electrons. The van der Waals surface area contributed by atoms with Crippen molar-refractivity contribution in [2.24, 2.45) is 17.8 Å². The topological polar surface area (TPSA) is 88.3 Å². The molecule has 1 aromatic rings. The Labute approximate surface area is 160 Å². The molecule has 2 aliphatic carbocycles. The molecule has 1 unspecified atom stereocenters. The monoisotopic (exact) mass is 374 g/mol. The highest BCUT2D eigenvalue weighted by Crippen LogP contribution is 2.50. The van der Waals surface area contributed by atoms with Gasteiger partial charge in [0.05, 0.1) is 5.41 Å². The number of amides is 2. The van der Waals surface area contributed by atoms with E-state index in [1.54, 1.807) is 0 Å². The van der Waals surface area contributed by atoms with Crippen LogP contribution in [0.4, 0.5) is 0 Å². The summed E-state index contributed by atoms with van der Waals surface area (Å²) in [5.74, 6) is 2.01. The number of aryl methyl sites for hydroxylation is 1. The smallest absolute Gasteiger partial charge is 0.235 e. The van der Waals surface area contributed by atoms with Crippen molar-refractivity contribution in [2.45, 2.75) is 70.8 Å². The van der Waals surface area contributed by atoms with Crippen LogP contribution in [0.3, 0.4) is 0 Å². The number of nitrogens with zero attached hydrogens (tertiary/aromatic N) is 3. The number of carbonyl (C=O) groups is 2. The van der Waals surface area contributed by atoms with Gasteiger partial charge in [0.15, 0.2) is 5.82 Å². The molecule has 27 heavy (non-hydrogen) atoms. The van der Waals surface area contributed by atoms with Crippen molar-refractivity contribution in [1.29, 1.82) is 0 Å². The first-order chi connectivity index (χ1) is 12.9. The van der Waals surface area contributed by atoms with Gasteiger partial charge in [-0.1, -0.05) is 31.8 Å². The highest BCUT2D eigenvalue weighted by Gasteiger charge is 2.58. The second-order valence-corrected chi connectivity index (χ2v) is 9.00. The quantitative estimate of drug-likeness (QED) is 0.873. The summed E-state index contributed by atoms with van der Waals surface area (Å²) in [7, 11) is 0. The van der Waals surface area contributed by atoms with Gasteiger partial charge in [0, 0.05) is 31.0 Å². The van der Waals surface area contributed by atoms with Gasteiger partial charge >= 0.3 is 0 Å². The van der Waals surface area contributed by atoms with E-state index in [-0.39, 0.29) is 41.0 Å². The molecular formula is C20H30N4O3. The van der Waals surface area contributed by atoms with Crippen LogP contribution in [0.5, 0.6) is 0 Å². The summed E-state index contributed by atoms with van der Waals surface area (Å²) < 4.78 is 5.58. The van der Waals surface area contributed by atoms with Crippen LogP contribution < -0.4 is 5.32 Å². The lowest BCUT2D eigenvalue weighted by molar-refractivity contribution is -0.134. The third kappa shape index (κ3) is 3.25. The van der Waals surface area contributed by atoms with Gasteiger partial charge in [0.2, 0.25) is 17.7 Å². The molecule has 0 bridgehead atoms. The van der Waals surface area contributed by atoms with E-state index >= 15 is 0 Å². The largest absolute Gasteiger partial charge is 0.353 e. The van der Waals surface area contributed by atoms with Gasteiger partial charge < -0.3 is 14.7 Å². The lowest BCUT2D eigenvalue weighted by Crippen LogP contribution is -2.41. The van der Waals surface area contributed by atoms with E-state index in [1.807, 2.05) is 25.7 Å². The average Bonchev–Trinajstić information content (AvgIpc) is 3.36. The van der Waals surface area contributed by atoms with Crippen LogP contribution in [-0.4, -0.2) is 46.0 Å². The summed E-state index contributed by atoms with van der Waals surface area (Å²) in [5, 5.41) is 7.28. The standard InChI is InChI=1S/C20H30N4O3/c1-12(2)18(26)24-10-15-8-16(22-17(25)14-6-4-5-7-14)9-20(15,11-24)19-21-13(3)23-27-19/h12,14-16H,4-11H2,1-3H3,(H,22,25)/t15?,16-,20+/m1/s1. The predicted octanol–water partition coefficient (Wildman–Crippen LogP) is 2.20. The minimum atomic E-state index is -0.334. The second kappa shape index (κ2) is 6.91. The normalized spacial score (nSPS) is 30.9. The van der Waals surface area contributed by atoms with Crippen molar-refractivity contribution < 1.29 is 14.1 Å². The van der Waals surface area contributed by atoms with Crippen LogP contribution in [0.2, 0.25) is 0 Å². The summed E-state index contributed by atoms with van der Waals surface area (Å²) in [4.78, 5) is 31.7. The van der Waals surface area contributed by atoms with E-state index < -0.39 is 0 Å². The number of hydrogen-bond donors (Lipinski definition) is 1. The zero-order valence-corrected chi connectivity index (χ0v) is 16.5. The number of carbonyl (C=O) groups excluding carboxylic acids is 2. The number of hydrogen-bond acceptors (Lipinski definition) is 5. The third-order valence-electron chi connectivity index (χ3n) is 6.71. The van der Waals surface area contributed by atoms with E-state index in [1.165, 1.54) is 0 Å². The van der Waals surface area contributed by atoms with E-state index in [4.69, 9.17) is 4.52 Å². The first-order valence-electron chi connectivity index (χ1n) is 10.3. The fourth-order valence-electron chi connectivity index (χ4n) is 5.35. The summed E-state index contributed by atoms with van der Waals surface area (Å²) >= 11 is 0. The van der Waals surface area contributed by atoms with Crippen LogP contribution in [0, 0.1) is 24.7 Å². The minimum Gasteiger partial charge on any atom is -0.353 e.